The molecule has 4 aromatic rings. The molecule has 1 N–H and O–H groups in total. The highest BCUT2D eigenvalue weighted by atomic mass is 32.1. The van der Waals surface area contributed by atoms with E-state index in [1.807, 2.05) is 41.8 Å². The average molecular weight is 402 g/mol. The van der Waals surface area contributed by atoms with Crippen LogP contribution < -0.4 is 5.32 Å². The Labute approximate surface area is 172 Å². The topological polar surface area (TPSA) is 68.3 Å². The van der Waals surface area contributed by atoms with Gasteiger partial charge in [0.1, 0.15) is 0 Å². The third-order valence-corrected chi connectivity index (χ3v) is 5.26. The molecule has 2 heterocycles. The van der Waals surface area contributed by atoms with Crippen LogP contribution in [0.25, 0.3) is 21.5 Å². The first-order chi connectivity index (χ1) is 14.2. The Morgan fingerprint density at radius 2 is 1.90 bits per heavy atom. The summed E-state index contributed by atoms with van der Waals surface area (Å²) in [6.07, 6.45) is 0. The van der Waals surface area contributed by atoms with Crippen LogP contribution in [0.1, 0.15) is 27.6 Å². The largest absolute Gasteiger partial charge is 0.462 e. The second kappa shape index (κ2) is 8.24. The smallest absolute Gasteiger partial charge is 0.338 e. The minimum atomic E-state index is -0.419. The van der Waals surface area contributed by atoms with Gasteiger partial charge in [-0.05, 0) is 48.7 Å². The van der Waals surface area contributed by atoms with Gasteiger partial charge in [-0.2, -0.15) is 0 Å². The van der Waals surface area contributed by atoms with Gasteiger partial charge in [-0.1, -0.05) is 30.3 Å². The lowest BCUT2D eigenvalue weighted by atomic mass is 10.1. The molecule has 0 fully saturated rings. The van der Waals surface area contributed by atoms with Crippen molar-refractivity contribution >= 4 is 39.8 Å². The molecule has 0 spiro atoms. The van der Waals surface area contributed by atoms with Crippen LogP contribution in [0.15, 0.2) is 72.1 Å². The van der Waals surface area contributed by atoms with E-state index >= 15 is 0 Å². The molecule has 0 atom stereocenters. The molecule has 1 amide bonds. The quantitative estimate of drug-likeness (QED) is 0.454. The van der Waals surface area contributed by atoms with E-state index < -0.39 is 5.97 Å². The fourth-order valence-electron chi connectivity index (χ4n) is 3.05. The summed E-state index contributed by atoms with van der Waals surface area (Å²) in [6.45, 7) is 2.05. The van der Waals surface area contributed by atoms with Gasteiger partial charge in [0.2, 0.25) is 0 Å². The molecule has 0 saturated carbocycles. The van der Waals surface area contributed by atoms with Crippen molar-refractivity contribution in [3.63, 3.8) is 0 Å². The number of nitrogens with zero attached hydrogens (tertiary/aromatic N) is 1. The average Bonchev–Trinajstić information content (AvgIpc) is 3.28. The summed E-state index contributed by atoms with van der Waals surface area (Å²) in [7, 11) is 0. The van der Waals surface area contributed by atoms with Crippen LogP contribution in [0.5, 0.6) is 0 Å². The minimum Gasteiger partial charge on any atom is -0.462 e. The van der Waals surface area contributed by atoms with Gasteiger partial charge in [0.05, 0.1) is 33.8 Å². The number of carbonyl (C=O) groups excluding carboxylic acids is 2. The number of anilines is 1. The summed E-state index contributed by atoms with van der Waals surface area (Å²) in [5.74, 6) is -0.680. The van der Waals surface area contributed by atoms with Crippen LogP contribution in [0.3, 0.4) is 0 Å². The molecular formula is C23H18N2O3S. The minimum absolute atomic E-state index is 0.262. The van der Waals surface area contributed by atoms with E-state index in [-0.39, 0.29) is 5.91 Å². The summed E-state index contributed by atoms with van der Waals surface area (Å²) >= 11 is 1.57. The van der Waals surface area contributed by atoms with Gasteiger partial charge in [-0.25, -0.2) is 9.78 Å². The predicted molar refractivity (Wildman–Crippen MR) is 115 cm³/mol. The predicted octanol–water partition coefficient (Wildman–Crippen LogP) is 5.39. The molecule has 0 aliphatic carbocycles. The van der Waals surface area contributed by atoms with E-state index in [0.717, 1.165) is 21.5 Å². The molecular weight excluding hydrogens is 384 g/mol. The third kappa shape index (κ3) is 4.02. The second-order valence-corrected chi connectivity index (χ2v) is 7.25. The first kappa shape index (κ1) is 18.8. The summed E-state index contributed by atoms with van der Waals surface area (Å²) in [6, 6.07) is 20.0. The number of amides is 1. The monoisotopic (exact) mass is 402 g/mol. The number of benzene rings is 2. The van der Waals surface area contributed by atoms with Gasteiger partial charge in [0.15, 0.2) is 0 Å². The lowest BCUT2D eigenvalue weighted by molar-refractivity contribution is 0.0526. The van der Waals surface area contributed by atoms with Crippen LogP contribution in [0, 0.1) is 0 Å². The van der Waals surface area contributed by atoms with Crippen molar-refractivity contribution in [1.82, 2.24) is 4.98 Å². The van der Waals surface area contributed by atoms with Gasteiger partial charge in [0, 0.05) is 11.1 Å². The van der Waals surface area contributed by atoms with Crippen molar-refractivity contribution in [2.45, 2.75) is 6.92 Å². The van der Waals surface area contributed by atoms with Crippen LogP contribution >= 0.6 is 11.3 Å². The molecule has 6 heteroatoms. The maximum atomic E-state index is 13.1. The number of pyridine rings is 1. The zero-order valence-corrected chi connectivity index (χ0v) is 16.5. The highest BCUT2D eigenvalue weighted by molar-refractivity contribution is 7.13. The number of esters is 1. The summed E-state index contributed by atoms with van der Waals surface area (Å²) in [4.78, 5) is 30.8. The maximum Gasteiger partial charge on any atom is 0.338 e. The van der Waals surface area contributed by atoms with Gasteiger partial charge in [0.25, 0.3) is 5.91 Å². The molecule has 0 bridgehead atoms. The highest BCUT2D eigenvalue weighted by Gasteiger charge is 2.15. The van der Waals surface area contributed by atoms with Crippen molar-refractivity contribution in [2.24, 2.45) is 0 Å². The normalized spacial score (nSPS) is 10.7. The van der Waals surface area contributed by atoms with Crippen molar-refractivity contribution in [3.8, 4) is 10.6 Å². The van der Waals surface area contributed by atoms with E-state index in [1.54, 1.807) is 48.6 Å². The zero-order chi connectivity index (χ0) is 20.2. The Hall–Kier alpha value is -3.51. The lowest BCUT2D eigenvalue weighted by Gasteiger charge is -2.11. The van der Waals surface area contributed by atoms with Crippen molar-refractivity contribution < 1.29 is 14.3 Å². The molecule has 0 unspecified atom stereocenters. The molecule has 2 aromatic heterocycles. The Balaban J connectivity index is 1.70. The van der Waals surface area contributed by atoms with Gasteiger partial charge in [-0.3, -0.25) is 4.79 Å². The molecule has 0 aliphatic rings. The molecule has 144 valence electrons. The van der Waals surface area contributed by atoms with Crippen molar-refractivity contribution in [1.29, 1.82) is 0 Å². The molecule has 0 aliphatic heterocycles. The van der Waals surface area contributed by atoms with E-state index in [0.29, 0.717) is 23.4 Å². The number of thiophene rings is 1. The van der Waals surface area contributed by atoms with Crippen LogP contribution in [0.4, 0.5) is 5.69 Å². The van der Waals surface area contributed by atoms with Gasteiger partial charge >= 0.3 is 5.97 Å². The van der Waals surface area contributed by atoms with E-state index in [1.165, 1.54) is 0 Å². The summed E-state index contributed by atoms with van der Waals surface area (Å²) in [5.41, 5.74) is 2.95. The number of nitrogens with one attached hydrogen (secondary N) is 1. The maximum absolute atomic E-state index is 13.1. The molecule has 2 aromatic carbocycles. The van der Waals surface area contributed by atoms with E-state index in [4.69, 9.17) is 9.72 Å². The number of fused-ring (bicyclic) bond motifs is 1. The first-order valence-electron chi connectivity index (χ1n) is 9.18. The Bertz CT molecular complexity index is 1190. The molecule has 5 nitrogen and oxygen atoms in total. The first-order valence-corrected chi connectivity index (χ1v) is 10.1. The van der Waals surface area contributed by atoms with Crippen molar-refractivity contribution in [3.05, 3.63) is 83.2 Å². The Morgan fingerprint density at radius 3 is 2.69 bits per heavy atom. The number of para-hydroxylation sites is 1. The highest BCUT2D eigenvalue weighted by Crippen LogP contribution is 2.28. The summed E-state index contributed by atoms with van der Waals surface area (Å²) in [5, 5.41) is 5.64. The van der Waals surface area contributed by atoms with Gasteiger partial charge in [-0.15, -0.1) is 11.3 Å². The second-order valence-electron chi connectivity index (χ2n) is 6.30. The number of ether oxygens (including phenoxy) is 1. The number of aromatic nitrogens is 1. The fourth-order valence-corrected chi connectivity index (χ4v) is 3.74. The Kier molecular flexibility index (Phi) is 5.35. The standard InChI is InChI=1S/C23H18N2O3S/c1-2-28-23(27)15-7-5-8-16(13-15)24-22(26)18-14-20(21-11-6-12-29-21)25-19-10-4-3-9-17(18)19/h3-14H,2H2,1H3,(H,24,26). The zero-order valence-electron chi connectivity index (χ0n) is 15.7. The number of hydrogen-bond donors (Lipinski definition) is 1. The molecule has 0 radical (unpaired) electrons. The lowest BCUT2D eigenvalue weighted by Crippen LogP contribution is -2.14. The summed E-state index contributed by atoms with van der Waals surface area (Å²) < 4.78 is 5.03. The van der Waals surface area contributed by atoms with E-state index in [2.05, 4.69) is 5.32 Å². The number of rotatable bonds is 5. The molecule has 29 heavy (non-hydrogen) atoms. The number of carbonyl (C=O) groups is 2. The van der Waals surface area contributed by atoms with Crippen LogP contribution in [0.2, 0.25) is 0 Å². The van der Waals surface area contributed by atoms with Crippen LogP contribution in [-0.2, 0) is 4.74 Å². The fraction of sp³-hybridized carbons (Fsp3) is 0.0870. The van der Waals surface area contributed by atoms with Crippen LogP contribution in [-0.4, -0.2) is 23.5 Å². The molecule has 4 rings (SSSR count). The number of hydrogen-bond acceptors (Lipinski definition) is 5. The third-order valence-electron chi connectivity index (χ3n) is 4.37. The van der Waals surface area contributed by atoms with Crippen molar-refractivity contribution in [2.75, 3.05) is 11.9 Å². The molecule has 0 saturated heterocycles. The Morgan fingerprint density at radius 1 is 1.03 bits per heavy atom. The van der Waals surface area contributed by atoms with E-state index in [9.17, 15) is 9.59 Å². The SMILES string of the molecule is CCOC(=O)c1cccc(NC(=O)c2cc(-c3cccs3)nc3ccccc23)c1. The van der Waals surface area contributed by atoms with Gasteiger partial charge < -0.3 is 10.1 Å².